The predicted octanol–water partition coefficient (Wildman–Crippen LogP) is 3.42. The molecule has 1 fully saturated rings. The maximum Gasteiger partial charge on any atom is 0.101 e. The number of hydrogen-bond acceptors (Lipinski definition) is 3. The first-order chi connectivity index (χ1) is 8.54. The summed E-state index contributed by atoms with van der Waals surface area (Å²) >= 11 is 0. The second-order valence-electron chi connectivity index (χ2n) is 5.73. The molecule has 0 aliphatic heterocycles. The van der Waals surface area contributed by atoms with Crippen LogP contribution in [0.3, 0.4) is 0 Å². The van der Waals surface area contributed by atoms with E-state index in [2.05, 4.69) is 25.2 Å². The first kappa shape index (κ1) is 12.5. The lowest BCUT2D eigenvalue weighted by molar-refractivity contribution is 0.378. The van der Waals surface area contributed by atoms with Gasteiger partial charge in [0.1, 0.15) is 12.1 Å². The lowest BCUT2D eigenvalue weighted by atomic mass is 9.92. The largest absolute Gasteiger partial charge is 0.382 e. The molecule has 2 rings (SSSR count). The van der Waals surface area contributed by atoms with Gasteiger partial charge >= 0.3 is 0 Å². The molecule has 0 spiro atoms. The molecule has 0 radical (unpaired) electrons. The van der Waals surface area contributed by atoms with Gasteiger partial charge in [-0.1, -0.05) is 13.8 Å². The highest BCUT2D eigenvalue weighted by Crippen LogP contribution is 2.38. The van der Waals surface area contributed by atoms with Gasteiger partial charge in [0.2, 0.25) is 0 Å². The Morgan fingerprint density at radius 2 is 1.94 bits per heavy atom. The first-order valence-electron chi connectivity index (χ1n) is 6.25. The SMILES string of the molecule is CC1(C)CCC(Nc2ccc(C#N)c(C#N)c2)C1. The van der Waals surface area contributed by atoms with E-state index in [4.69, 9.17) is 10.5 Å². The van der Waals surface area contributed by atoms with Crippen molar-refractivity contribution in [3.63, 3.8) is 0 Å². The van der Waals surface area contributed by atoms with Gasteiger partial charge in [-0.25, -0.2) is 0 Å². The first-order valence-corrected chi connectivity index (χ1v) is 6.25. The molecule has 0 aromatic heterocycles. The van der Waals surface area contributed by atoms with Gasteiger partial charge in [0.05, 0.1) is 11.1 Å². The van der Waals surface area contributed by atoms with Crippen molar-refractivity contribution in [2.24, 2.45) is 5.41 Å². The average molecular weight is 239 g/mol. The van der Waals surface area contributed by atoms with Crippen LogP contribution in [-0.4, -0.2) is 6.04 Å². The molecule has 1 aliphatic rings. The highest BCUT2D eigenvalue weighted by Gasteiger charge is 2.30. The molecular weight excluding hydrogens is 222 g/mol. The number of anilines is 1. The van der Waals surface area contributed by atoms with E-state index in [1.54, 1.807) is 12.1 Å². The van der Waals surface area contributed by atoms with Gasteiger partial charge < -0.3 is 5.32 Å². The number of rotatable bonds is 2. The zero-order valence-electron chi connectivity index (χ0n) is 10.8. The smallest absolute Gasteiger partial charge is 0.101 e. The summed E-state index contributed by atoms with van der Waals surface area (Å²) in [6.07, 6.45) is 3.54. The van der Waals surface area contributed by atoms with Crippen LogP contribution in [0, 0.1) is 28.1 Å². The molecule has 1 aromatic rings. The zero-order chi connectivity index (χ0) is 13.2. The van der Waals surface area contributed by atoms with Crippen molar-refractivity contribution in [1.29, 1.82) is 10.5 Å². The summed E-state index contributed by atoms with van der Waals surface area (Å²) < 4.78 is 0. The molecule has 1 N–H and O–H groups in total. The van der Waals surface area contributed by atoms with Crippen molar-refractivity contribution in [3.05, 3.63) is 29.3 Å². The second kappa shape index (κ2) is 4.70. The summed E-state index contributed by atoms with van der Waals surface area (Å²) in [5.74, 6) is 0. The van der Waals surface area contributed by atoms with E-state index in [9.17, 15) is 0 Å². The minimum Gasteiger partial charge on any atom is -0.382 e. The summed E-state index contributed by atoms with van der Waals surface area (Å²) in [5, 5.41) is 21.3. The van der Waals surface area contributed by atoms with E-state index < -0.39 is 0 Å². The topological polar surface area (TPSA) is 59.6 Å². The minimum atomic E-state index is 0.405. The van der Waals surface area contributed by atoms with E-state index in [0.717, 1.165) is 18.5 Å². The van der Waals surface area contributed by atoms with E-state index in [1.165, 1.54) is 6.42 Å². The van der Waals surface area contributed by atoms with Crippen molar-refractivity contribution in [3.8, 4) is 12.1 Å². The fourth-order valence-electron chi connectivity index (χ4n) is 2.62. The standard InChI is InChI=1S/C15H17N3/c1-15(2)6-5-14(8-15)18-13-4-3-11(9-16)12(7-13)10-17/h3-4,7,14,18H,5-6,8H2,1-2H3. The van der Waals surface area contributed by atoms with Gasteiger partial charge in [-0.2, -0.15) is 10.5 Å². The molecule has 3 heteroatoms. The van der Waals surface area contributed by atoms with Gasteiger partial charge in [0, 0.05) is 11.7 Å². The molecule has 1 atom stereocenters. The van der Waals surface area contributed by atoms with Crippen LogP contribution in [0.4, 0.5) is 5.69 Å². The number of nitrogens with one attached hydrogen (secondary N) is 1. The van der Waals surface area contributed by atoms with Crippen LogP contribution < -0.4 is 5.32 Å². The lowest BCUT2D eigenvalue weighted by Crippen LogP contribution is -2.17. The van der Waals surface area contributed by atoms with Gasteiger partial charge in [-0.05, 0) is 42.9 Å². The molecule has 1 unspecified atom stereocenters. The fourth-order valence-corrected chi connectivity index (χ4v) is 2.62. The Kier molecular flexibility index (Phi) is 3.26. The van der Waals surface area contributed by atoms with Gasteiger partial charge in [-0.3, -0.25) is 0 Å². The maximum absolute atomic E-state index is 8.99. The molecule has 18 heavy (non-hydrogen) atoms. The van der Waals surface area contributed by atoms with Crippen LogP contribution in [0.25, 0.3) is 0 Å². The zero-order valence-corrected chi connectivity index (χ0v) is 10.8. The van der Waals surface area contributed by atoms with Crippen LogP contribution >= 0.6 is 0 Å². The van der Waals surface area contributed by atoms with Crippen LogP contribution in [0.1, 0.15) is 44.2 Å². The Morgan fingerprint density at radius 3 is 2.50 bits per heavy atom. The molecule has 0 saturated heterocycles. The van der Waals surface area contributed by atoms with E-state index in [0.29, 0.717) is 22.6 Å². The average Bonchev–Trinajstić information content (AvgIpc) is 2.68. The Balaban J connectivity index is 2.12. The summed E-state index contributed by atoms with van der Waals surface area (Å²) in [5.41, 5.74) is 2.23. The Bertz CT molecular complexity index is 532. The van der Waals surface area contributed by atoms with Gasteiger partial charge in [-0.15, -0.1) is 0 Å². The summed E-state index contributed by atoms with van der Waals surface area (Å²) in [6.45, 7) is 4.57. The molecule has 1 aliphatic carbocycles. The fraction of sp³-hybridized carbons (Fsp3) is 0.467. The van der Waals surface area contributed by atoms with Crippen molar-refractivity contribution in [1.82, 2.24) is 0 Å². The minimum absolute atomic E-state index is 0.405. The highest BCUT2D eigenvalue weighted by molar-refractivity contribution is 5.56. The monoisotopic (exact) mass is 239 g/mol. The Morgan fingerprint density at radius 1 is 1.22 bits per heavy atom. The molecule has 92 valence electrons. The van der Waals surface area contributed by atoms with Crippen molar-refractivity contribution in [2.45, 2.75) is 39.2 Å². The summed E-state index contributed by atoms with van der Waals surface area (Å²) in [4.78, 5) is 0. The highest BCUT2D eigenvalue weighted by atomic mass is 14.9. The van der Waals surface area contributed by atoms with Crippen molar-refractivity contribution in [2.75, 3.05) is 5.32 Å². The summed E-state index contributed by atoms with van der Waals surface area (Å²) in [6, 6.07) is 9.92. The number of nitriles is 2. The van der Waals surface area contributed by atoms with Crippen molar-refractivity contribution >= 4 is 5.69 Å². The second-order valence-corrected chi connectivity index (χ2v) is 5.73. The van der Waals surface area contributed by atoms with Crippen molar-refractivity contribution < 1.29 is 0 Å². The third-order valence-electron chi connectivity index (χ3n) is 3.60. The van der Waals surface area contributed by atoms with Crippen LogP contribution in [0.15, 0.2) is 18.2 Å². The molecule has 3 nitrogen and oxygen atoms in total. The van der Waals surface area contributed by atoms with E-state index in [-0.39, 0.29) is 0 Å². The normalized spacial score (nSPS) is 21.0. The summed E-state index contributed by atoms with van der Waals surface area (Å²) in [7, 11) is 0. The quantitative estimate of drug-likeness (QED) is 0.860. The lowest BCUT2D eigenvalue weighted by Gasteiger charge is -2.18. The molecule has 1 saturated carbocycles. The molecule has 0 amide bonds. The molecular formula is C15H17N3. The van der Waals surface area contributed by atoms with Crippen LogP contribution in [0.5, 0.6) is 0 Å². The molecule has 0 heterocycles. The maximum atomic E-state index is 8.99. The van der Waals surface area contributed by atoms with Gasteiger partial charge in [0.15, 0.2) is 0 Å². The third-order valence-corrected chi connectivity index (χ3v) is 3.60. The van der Waals surface area contributed by atoms with Crippen LogP contribution in [0.2, 0.25) is 0 Å². The van der Waals surface area contributed by atoms with E-state index >= 15 is 0 Å². The molecule has 0 bridgehead atoms. The number of hydrogen-bond donors (Lipinski definition) is 1. The molecule has 1 aromatic carbocycles. The third kappa shape index (κ3) is 2.63. The Hall–Kier alpha value is -2.00. The van der Waals surface area contributed by atoms with E-state index in [1.807, 2.05) is 12.1 Å². The Labute approximate surface area is 108 Å². The van der Waals surface area contributed by atoms with Crippen LogP contribution in [-0.2, 0) is 0 Å². The number of nitrogens with zero attached hydrogens (tertiary/aromatic N) is 2. The predicted molar refractivity (Wildman–Crippen MR) is 70.9 cm³/mol. The van der Waals surface area contributed by atoms with Gasteiger partial charge in [0.25, 0.3) is 0 Å². The number of benzene rings is 1.